The van der Waals surface area contributed by atoms with Crippen molar-refractivity contribution >= 4 is 57.3 Å². The summed E-state index contributed by atoms with van der Waals surface area (Å²) in [5, 5.41) is 11.9. The summed E-state index contributed by atoms with van der Waals surface area (Å²) < 4.78 is 6.02. The molecule has 1 N–H and O–H groups in total. The van der Waals surface area contributed by atoms with E-state index in [1.54, 1.807) is 19.9 Å². The van der Waals surface area contributed by atoms with Gasteiger partial charge in [-0.3, -0.25) is 14.9 Å². The lowest BCUT2D eigenvalue weighted by atomic mass is 10.2. The fourth-order valence-electron chi connectivity index (χ4n) is 3.42. The topological polar surface area (TPSA) is 91.6 Å². The zero-order valence-corrected chi connectivity index (χ0v) is 20.0. The van der Waals surface area contributed by atoms with Crippen LogP contribution in [0.15, 0.2) is 39.1 Å². The van der Waals surface area contributed by atoms with Crippen LogP contribution in [0.4, 0.5) is 10.8 Å². The SMILES string of the molecule is Cc1cc(C(=O)Nc2nnc(SCC(=O)N3CCN(c4ccc(Cl)cc4)CC3)s2)c(C)o1. The van der Waals surface area contributed by atoms with Gasteiger partial charge in [-0.25, -0.2) is 0 Å². The molecule has 11 heteroatoms. The second kappa shape index (κ2) is 9.93. The number of piperazine rings is 1. The maximum absolute atomic E-state index is 12.6. The van der Waals surface area contributed by atoms with Crippen molar-refractivity contribution in [1.82, 2.24) is 15.1 Å². The van der Waals surface area contributed by atoms with E-state index >= 15 is 0 Å². The van der Waals surface area contributed by atoms with Crippen LogP contribution >= 0.6 is 34.7 Å². The molecule has 0 atom stereocenters. The van der Waals surface area contributed by atoms with Crippen LogP contribution in [0.2, 0.25) is 5.02 Å². The molecule has 1 fully saturated rings. The van der Waals surface area contributed by atoms with Gasteiger partial charge in [-0.05, 0) is 44.2 Å². The maximum Gasteiger partial charge on any atom is 0.261 e. The van der Waals surface area contributed by atoms with E-state index in [9.17, 15) is 9.59 Å². The number of aromatic nitrogens is 2. The van der Waals surface area contributed by atoms with E-state index in [0.29, 0.717) is 44.7 Å². The van der Waals surface area contributed by atoms with Crippen LogP contribution in [0, 0.1) is 13.8 Å². The molecule has 3 aromatic rings. The fourth-order valence-corrected chi connectivity index (χ4v) is 5.20. The molecule has 8 nitrogen and oxygen atoms in total. The Morgan fingerprint density at radius 2 is 1.88 bits per heavy atom. The number of rotatable bonds is 6. The van der Waals surface area contributed by atoms with Crippen molar-refractivity contribution in [3.05, 3.63) is 52.4 Å². The van der Waals surface area contributed by atoms with Gasteiger partial charge in [0.1, 0.15) is 11.5 Å². The first-order valence-electron chi connectivity index (χ1n) is 10.0. The standard InChI is InChI=1S/C21H22ClN5O3S2/c1-13-11-17(14(2)30-13)19(29)23-20-24-25-21(32-20)31-12-18(28)27-9-7-26(8-10-27)16-5-3-15(22)4-6-16/h3-6,11H,7-10,12H2,1-2H3,(H,23,24,29). The first-order chi connectivity index (χ1) is 15.4. The Kier molecular flexibility index (Phi) is 7.02. The number of carbonyl (C=O) groups excluding carboxylic acids is 2. The van der Waals surface area contributed by atoms with Gasteiger partial charge in [-0.15, -0.1) is 10.2 Å². The lowest BCUT2D eigenvalue weighted by Gasteiger charge is -2.36. The quantitative estimate of drug-likeness (QED) is 0.410. The van der Waals surface area contributed by atoms with E-state index in [2.05, 4.69) is 20.4 Å². The zero-order valence-electron chi connectivity index (χ0n) is 17.6. The van der Waals surface area contributed by atoms with Crippen molar-refractivity contribution in [1.29, 1.82) is 0 Å². The van der Waals surface area contributed by atoms with Crippen LogP contribution in [0.1, 0.15) is 21.9 Å². The Morgan fingerprint density at radius 3 is 2.53 bits per heavy atom. The molecule has 0 aliphatic carbocycles. The summed E-state index contributed by atoms with van der Waals surface area (Å²) in [5.41, 5.74) is 1.58. The smallest absolute Gasteiger partial charge is 0.261 e. The van der Waals surface area contributed by atoms with Crippen molar-refractivity contribution in [3.8, 4) is 0 Å². The molecule has 2 amide bonds. The number of nitrogens with one attached hydrogen (secondary N) is 1. The van der Waals surface area contributed by atoms with Crippen molar-refractivity contribution in [2.24, 2.45) is 0 Å². The average molecular weight is 492 g/mol. The third-order valence-electron chi connectivity index (χ3n) is 5.06. The number of furan rings is 1. The summed E-state index contributed by atoms with van der Waals surface area (Å²) in [6.07, 6.45) is 0. The minimum absolute atomic E-state index is 0.0658. The fraction of sp³-hybridized carbons (Fsp3) is 0.333. The first-order valence-corrected chi connectivity index (χ1v) is 12.2. The normalized spacial score (nSPS) is 14.0. The Bertz CT molecular complexity index is 1110. The molecule has 1 saturated heterocycles. The van der Waals surface area contributed by atoms with Crippen molar-refractivity contribution in [2.45, 2.75) is 18.2 Å². The van der Waals surface area contributed by atoms with E-state index < -0.39 is 0 Å². The number of anilines is 2. The average Bonchev–Trinajstić information content (AvgIpc) is 3.37. The lowest BCUT2D eigenvalue weighted by molar-refractivity contribution is -0.128. The van der Waals surface area contributed by atoms with Crippen molar-refractivity contribution < 1.29 is 14.0 Å². The number of hydrogen-bond donors (Lipinski definition) is 1. The second-order valence-corrected chi connectivity index (χ2v) is 9.92. The van der Waals surface area contributed by atoms with Gasteiger partial charge in [0, 0.05) is 36.9 Å². The van der Waals surface area contributed by atoms with Crippen LogP contribution in [-0.4, -0.2) is 58.8 Å². The number of carbonyl (C=O) groups is 2. The van der Waals surface area contributed by atoms with E-state index in [-0.39, 0.29) is 17.6 Å². The lowest BCUT2D eigenvalue weighted by Crippen LogP contribution is -2.49. The second-order valence-electron chi connectivity index (χ2n) is 7.29. The highest BCUT2D eigenvalue weighted by atomic mass is 35.5. The number of halogens is 1. The number of nitrogens with zero attached hydrogens (tertiary/aromatic N) is 4. The van der Waals surface area contributed by atoms with Gasteiger partial charge in [0.15, 0.2) is 4.34 Å². The predicted molar refractivity (Wildman–Crippen MR) is 127 cm³/mol. The number of thioether (sulfide) groups is 1. The third kappa shape index (κ3) is 5.43. The van der Waals surface area contributed by atoms with Gasteiger partial charge in [0.05, 0.1) is 11.3 Å². The highest BCUT2D eigenvalue weighted by Crippen LogP contribution is 2.27. The number of amides is 2. The van der Waals surface area contributed by atoms with Gasteiger partial charge >= 0.3 is 0 Å². The Morgan fingerprint density at radius 1 is 1.16 bits per heavy atom. The minimum Gasteiger partial charge on any atom is -0.466 e. The van der Waals surface area contributed by atoms with Crippen molar-refractivity contribution in [3.63, 3.8) is 0 Å². The molecule has 0 radical (unpaired) electrons. The summed E-state index contributed by atoms with van der Waals surface area (Å²) in [5.74, 6) is 1.29. The van der Waals surface area contributed by atoms with Crippen LogP contribution in [0.25, 0.3) is 0 Å². The Hall–Kier alpha value is -2.56. The Balaban J connectivity index is 1.24. The Labute approximate surface area is 198 Å². The van der Waals surface area contributed by atoms with Crippen LogP contribution in [0.3, 0.4) is 0 Å². The first kappa shape index (κ1) is 22.6. The monoisotopic (exact) mass is 491 g/mol. The summed E-state index contributed by atoms with van der Waals surface area (Å²) >= 11 is 8.53. The molecular weight excluding hydrogens is 470 g/mol. The molecule has 2 aromatic heterocycles. The third-order valence-corrected chi connectivity index (χ3v) is 7.26. The molecule has 0 spiro atoms. The molecular formula is C21H22ClN5O3S2. The highest BCUT2D eigenvalue weighted by molar-refractivity contribution is 8.01. The minimum atomic E-state index is -0.290. The number of benzene rings is 1. The van der Waals surface area contributed by atoms with Gasteiger partial charge in [-0.1, -0.05) is 34.7 Å². The number of hydrogen-bond acceptors (Lipinski definition) is 8. The van der Waals surface area contributed by atoms with Gasteiger partial charge < -0.3 is 14.2 Å². The largest absolute Gasteiger partial charge is 0.466 e. The molecule has 0 unspecified atom stereocenters. The molecule has 0 bridgehead atoms. The van der Waals surface area contributed by atoms with E-state index in [4.69, 9.17) is 16.0 Å². The van der Waals surface area contributed by atoms with Crippen LogP contribution < -0.4 is 10.2 Å². The summed E-state index contributed by atoms with van der Waals surface area (Å²) in [6, 6.07) is 9.43. The van der Waals surface area contributed by atoms with E-state index in [1.807, 2.05) is 29.2 Å². The van der Waals surface area contributed by atoms with E-state index in [0.717, 1.165) is 18.8 Å². The van der Waals surface area contributed by atoms with Crippen molar-refractivity contribution in [2.75, 3.05) is 42.1 Å². The molecule has 0 saturated carbocycles. The molecule has 1 aromatic carbocycles. The molecule has 168 valence electrons. The molecule has 32 heavy (non-hydrogen) atoms. The van der Waals surface area contributed by atoms with Gasteiger partial charge in [-0.2, -0.15) is 0 Å². The molecule has 1 aliphatic rings. The van der Waals surface area contributed by atoms with Crippen LogP contribution in [-0.2, 0) is 4.79 Å². The maximum atomic E-state index is 12.6. The zero-order chi connectivity index (χ0) is 22.7. The molecule has 1 aliphatic heterocycles. The van der Waals surface area contributed by atoms with E-state index in [1.165, 1.54) is 23.1 Å². The summed E-state index contributed by atoms with van der Waals surface area (Å²) in [7, 11) is 0. The summed E-state index contributed by atoms with van der Waals surface area (Å²) in [4.78, 5) is 29.1. The number of aryl methyl sites for hydroxylation is 2. The molecule has 3 heterocycles. The summed E-state index contributed by atoms with van der Waals surface area (Å²) in [6.45, 7) is 6.42. The predicted octanol–water partition coefficient (Wildman–Crippen LogP) is 4.09. The highest BCUT2D eigenvalue weighted by Gasteiger charge is 2.22. The van der Waals surface area contributed by atoms with Crippen LogP contribution in [0.5, 0.6) is 0 Å². The van der Waals surface area contributed by atoms with Gasteiger partial charge in [0.25, 0.3) is 5.91 Å². The molecule has 4 rings (SSSR count). The van der Waals surface area contributed by atoms with Gasteiger partial charge in [0.2, 0.25) is 11.0 Å².